The molecule has 1 aliphatic heterocycles. The van der Waals surface area contributed by atoms with Crippen molar-refractivity contribution in [2.75, 3.05) is 25.6 Å². The SMILES string of the molecule is COc1ccc(-c2csc(NC(=O)c3ccc(OC[C@H]4CCCO4)cc3)n2)cc1. The molecule has 7 heteroatoms. The molecule has 1 saturated heterocycles. The molecule has 0 aliphatic carbocycles. The number of thiazole rings is 1. The van der Waals surface area contributed by atoms with Crippen LogP contribution in [0.5, 0.6) is 11.5 Å². The van der Waals surface area contributed by atoms with Gasteiger partial charge in [0.25, 0.3) is 5.91 Å². The van der Waals surface area contributed by atoms with Crippen LogP contribution in [0, 0.1) is 0 Å². The van der Waals surface area contributed by atoms with Gasteiger partial charge < -0.3 is 14.2 Å². The van der Waals surface area contributed by atoms with Gasteiger partial charge in [-0.1, -0.05) is 0 Å². The average molecular weight is 410 g/mol. The van der Waals surface area contributed by atoms with Crippen molar-refractivity contribution in [1.29, 1.82) is 0 Å². The van der Waals surface area contributed by atoms with Gasteiger partial charge in [-0.15, -0.1) is 11.3 Å². The summed E-state index contributed by atoms with van der Waals surface area (Å²) in [5.74, 6) is 1.32. The lowest BCUT2D eigenvalue weighted by atomic mass is 10.2. The summed E-state index contributed by atoms with van der Waals surface area (Å²) in [6.07, 6.45) is 2.29. The number of methoxy groups -OCH3 is 1. The molecule has 0 radical (unpaired) electrons. The molecule has 0 spiro atoms. The van der Waals surface area contributed by atoms with Crippen LogP contribution in [0.15, 0.2) is 53.9 Å². The molecule has 6 nitrogen and oxygen atoms in total. The van der Waals surface area contributed by atoms with E-state index in [1.54, 1.807) is 31.4 Å². The van der Waals surface area contributed by atoms with Gasteiger partial charge in [-0.3, -0.25) is 10.1 Å². The number of aromatic nitrogens is 1. The van der Waals surface area contributed by atoms with Crippen LogP contribution in [0.3, 0.4) is 0 Å². The molecule has 0 unspecified atom stereocenters. The monoisotopic (exact) mass is 410 g/mol. The predicted molar refractivity (Wildman–Crippen MR) is 113 cm³/mol. The molecular weight excluding hydrogens is 388 g/mol. The maximum Gasteiger partial charge on any atom is 0.257 e. The number of anilines is 1. The average Bonchev–Trinajstić information content (AvgIpc) is 3.45. The zero-order valence-corrected chi connectivity index (χ0v) is 16.9. The van der Waals surface area contributed by atoms with Gasteiger partial charge in [-0.25, -0.2) is 4.98 Å². The second-order valence-corrected chi connectivity index (χ2v) is 7.55. The Morgan fingerprint density at radius 2 is 1.93 bits per heavy atom. The van der Waals surface area contributed by atoms with E-state index in [1.807, 2.05) is 29.6 Å². The highest BCUT2D eigenvalue weighted by molar-refractivity contribution is 7.14. The van der Waals surface area contributed by atoms with Gasteiger partial charge in [0.2, 0.25) is 0 Å². The zero-order chi connectivity index (χ0) is 20.1. The molecule has 2 aromatic carbocycles. The van der Waals surface area contributed by atoms with Crippen molar-refractivity contribution in [3.05, 3.63) is 59.5 Å². The van der Waals surface area contributed by atoms with Gasteiger partial charge in [-0.05, 0) is 61.4 Å². The summed E-state index contributed by atoms with van der Waals surface area (Å²) in [5.41, 5.74) is 2.33. The predicted octanol–water partition coefficient (Wildman–Crippen LogP) is 4.63. The highest BCUT2D eigenvalue weighted by Crippen LogP contribution is 2.27. The molecule has 1 aliphatic rings. The van der Waals surface area contributed by atoms with Crippen LogP contribution in [0.1, 0.15) is 23.2 Å². The third kappa shape index (κ3) is 4.93. The summed E-state index contributed by atoms with van der Waals surface area (Å²) in [4.78, 5) is 17.0. The zero-order valence-electron chi connectivity index (χ0n) is 16.1. The lowest BCUT2D eigenvalue weighted by Crippen LogP contribution is -2.16. The fourth-order valence-corrected chi connectivity index (χ4v) is 3.78. The third-order valence-electron chi connectivity index (χ3n) is 4.69. The van der Waals surface area contributed by atoms with Crippen LogP contribution >= 0.6 is 11.3 Å². The highest BCUT2D eigenvalue weighted by atomic mass is 32.1. The molecule has 3 aromatic rings. The molecule has 1 N–H and O–H groups in total. The van der Waals surface area contributed by atoms with Gasteiger partial charge in [-0.2, -0.15) is 0 Å². The number of nitrogens with zero attached hydrogens (tertiary/aromatic N) is 1. The first-order valence-corrected chi connectivity index (χ1v) is 10.3. The smallest absolute Gasteiger partial charge is 0.257 e. The molecule has 1 aromatic heterocycles. The lowest BCUT2D eigenvalue weighted by molar-refractivity contribution is 0.0679. The van der Waals surface area contributed by atoms with Crippen molar-refractivity contribution in [2.45, 2.75) is 18.9 Å². The number of hydrogen-bond donors (Lipinski definition) is 1. The van der Waals surface area contributed by atoms with Crippen molar-refractivity contribution in [3.8, 4) is 22.8 Å². The van der Waals surface area contributed by atoms with Gasteiger partial charge in [0.15, 0.2) is 5.13 Å². The maximum atomic E-state index is 12.5. The van der Waals surface area contributed by atoms with E-state index in [0.717, 1.165) is 42.2 Å². The molecule has 1 amide bonds. The first-order valence-electron chi connectivity index (χ1n) is 9.47. The van der Waals surface area contributed by atoms with E-state index in [2.05, 4.69) is 10.3 Å². The molecule has 0 bridgehead atoms. The molecule has 4 rings (SSSR count). The normalized spacial score (nSPS) is 15.8. The number of nitrogens with one attached hydrogen (secondary N) is 1. The molecule has 1 fully saturated rings. The largest absolute Gasteiger partial charge is 0.497 e. The van der Waals surface area contributed by atoms with E-state index in [-0.39, 0.29) is 12.0 Å². The number of ether oxygens (including phenoxy) is 3. The van der Waals surface area contributed by atoms with Crippen molar-refractivity contribution in [3.63, 3.8) is 0 Å². The van der Waals surface area contributed by atoms with Crippen LogP contribution in [0.2, 0.25) is 0 Å². The Morgan fingerprint density at radius 3 is 2.62 bits per heavy atom. The second kappa shape index (κ2) is 9.07. The summed E-state index contributed by atoms with van der Waals surface area (Å²) in [6.45, 7) is 1.35. The number of carbonyl (C=O) groups excluding carboxylic acids is 1. The quantitative estimate of drug-likeness (QED) is 0.615. The minimum absolute atomic E-state index is 0.169. The molecule has 2 heterocycles. The molecule has 150 valence electrons. The Balaban J connectivity index is 1.34. The number of amides is 1. The topological polar surface area (TPSA) is 69.7 Å². The Hall–Kier alpha value is -2.90. The van der Waals surface area contributed by atoms with E-state index >= 15 is 0 Å². The van der Waals surface area contributed by atoms with Crippen LogP contribution in [-0.4, -0.2) is 37.3 Å². The summed E-state index contributed by atoms with van der Waals surface area (Å²) in [7, 11) is 1.63. The Kier molecular flexibility index (Phi) is 6.07. The summed E-state index contributed by atoms with van der Waals surface area (Å²) in [6, 6.07) is 14.7. The van der Waals surface area contributed by atoms with E-state index < -0.39 is 0 Å². The Labute approximate surface area is 173 Å². The molecule has 0 saturated carbocycles. The van der Waals surface area contributed by atoms with E-state index in [1.165, 1.54) is 11.3 Å². The van der Waals surface area contributed by atoms with Crippen molar-refractivity contribution in [2.24, 2.45) is 0 Å². The fourth-order valence-electron chi connectivity index (χ4n) is 3.06. The number of benzene rings is 2. The summed E-state index contributed by atoms with van der Waals surface area (Å²) < 4.78 is 16.5. The third-order valence-corrected chi connectivity index (χ3v) is 5.44. The first-order chi connectivity index (χ1) is 14.2. The molecular formula is C22H22N2O4S. The van der Waals surface area contributed by atoms with Gasteiger partial charge in [0.05, 0.1) is 18.9 Å². The van der Waals surface area contributed by atoms with E-state index in [4.69, 9.17) is 14.2 Å². The first kappa shape index (κ1) is 19.4. The lowest BCUT2D eigenvalue weighted by Gasteiger charge is -2.11. The minimum Gasteiger partial charge on any atom is -0.497 e. The number of rotatable bonds is 7. The minimum atomic E-state index is -0.202. The van der Waals surface area contributed by atoms with Crippen LogP contribution in [0.4, 0.5) is 5.13 Å². The van der Waals surface area contributed by atoms with Crippen molar-refractivity contribution < 1.29 is 19.0 Å². The molecule has 29 heavy (non-hydrogen) atoms. The Morgan fingerprint density at radius 1 is 1.17 bits per heavy atom. The second-order valence-electron chi connectivity index (χ2n) is 6.69. The van der Waals surface area contributed by atoms with Crippen LogP contribution in [0.25, 0.3) is 11.3 Å². The Bertz CT molecular complexity index is 948. The summed E-state index contributed by atoms with van der Waals surface area (Å²) >= 11 is 1.39. The van der Waals surface area contributed by atoms with E-state index in [9.17, 15) is 4.79 Å². The standard InChI is InChI=1S/C22H22N2O4S/c1-26-17-8-4-15(5-9-17)20-14-29-22(23-20)24-21(25)16-6-10-18(11-7-16)28-13-19-3-2-12-27-19/h4-11,14,19H,2-3,12-13H2,1H3,(H,23,24,25)/t19-/m1/s1. The fraction of sp³-hybridized carbons (Fsp3) is 0.273. The van der Waals surface area contributed by atoms with Crippen LogP contribution < -0.4 is 14.8 Å². The number of carbonyl (C=O) groups is 1. The van der Waals surface area contributed by atoms with Gasteiger partial charge in [0.1, 0.15) is 18.1 Å². The molecule has 1 atom stereocenters. The van der Waals surface area contributed by atoms with Gasteiger partial charge in [0, 0.05) is 23.1 Å². The highest BCUT2D eigenvalue weighted by Gasteiger charge is 2.16. The maximum absolute atomic E-state index is 12.5. The van der Waals surface area contributed by atoms with Crippen LogP contribution in [-0.2, 0) is 4.74 Å². The van der Waals surface area contributed by atoms with E-state index in [0.29, 0.717) is 17.3 Å². The van der Waals surface area contributed by atoms with Crippen molar-refractivity contribution >= 4 is 22.4 Å². The number of hydrogen-bond acceptors (Lipinski definition) is 6. The van der Waals surface area contributed by atoms with Crippen molar-refractivity contribution in [1.82, 2.24) is 4.98 Å². The summed E-state index contributed by atoms with van der Waals surface area (Å²) in [5, 5.41) is 5.32. The van der Waals surface area contributed by atoms with Gasteiger partial charge >= 0.3 is 0 Å².